The van der Waals surface area contributed by atoms with Crippen molar-refractivity contribution in [1.29, 1.82) is 0 Å². The van der Waals surface area contributed by atoms with E-state index >= 15 is 0 Å². The maximum absolute atomic E-state index is 2.33. The first-order valence-electron chi connectivity index (χ1n) is 9.14. The van der Waals surface area contributed by atoms with Crippen LogP contribution in [0, 0.1) is 6.92 Å². The molecule has 128 valence electrons. The van der Waals surface area contributed by atoms with Crippen molar-refractivity contribution in [2.75, 3.05) is 0 Å². The second kappa shape index (κ2) is 7.85. The highest BCUT2D eigenvalue weighted by atomic mass is 31.1. The van der Waals surface area contributed by atoms with Crippen molar-refractivity contribution in [3.63, 3.8) is 0 Å². The summed E-state index contributed by atoms with van der Waals surface area (Å²) in [5.74, 6) is 0. The third-order valence-corrected chi connectivity index (χ3v) is 7.73. The van der Waals surface area contributed by atoms with Crippen molar-refractivity contribution in [2.24, 2.45) is 0 Å². The Morgan fingerprint density at radius 2 is 1.31 bits per heavy atom. The molecule has 1 aliphatic carbocycles. The van der Waals surface area contributed by atoms with Gasteiger partial charge in [-0.2, -0.15) is 0 Å². The molecule has 1 aliphatic rings. The quantitative estimate of drug-likeness (QED) is 0.489. The molecule has 0 saturated heterocycles. The molecule has 4 rings (SSSR count). The fraction of sp³-hybridized carbons (Fsp3) is 0.120. The zero-order chi connectivity index (χ0) is 17.8. The van der Waals surface area contributed by atoms with E-state index < -0.39 is 7.92 Å². The Kier molecular flexibility index (Phi) is 5.14. The summed E-state index contributed by atoms with van der Waals surface area (Å²) in [7, 11) is -0.520. The van der Waals surface area contributed by atoms with Crippen LogP contribution < -0.4 is 10.6 Å². The largest absolute Gasteiger partial charge is 0.0804 e. The number of hydrogen-bond acceptors (Lipinski definition) is 0. The molecule has 0 radical (unpaired) electrons. The van der Waals surface area contributed by atoms with Crippen LogP contribution in [0.25, 0.3) is 0 Å². The summed E-state index contributed by atoms with van der Waals surface area (Å²) in [6.45, 7) is 2.16. The number of hydrogen-bond donors (Lipinski definition) is 0. The van der Waals surface area contributed by atoms with Gasteiger partial charge in [0.25, 0.3) is 0 Å². The molecule has 0 amide bonds. The van der Waals surface area contributed by atoms with E-state index in [2.05, 4.69) is 110 Å². The predicted octanol–water partition coefficient (Wildman–Crippen LogP) is 6.06. The van der Waals surface area contributed by atoms with Crippen molar-refractivity contribution >= 4 is 18.5 Å². The molecule has 0 spiro atoms. The van der Waals surface area contributed by atoms with Gasteiger partial charge in [0, 0.05) is 5.66 Å². The molecule has 1 heteroatoms. The van der Waals surface area contributed by atoms with Crippen molar-refractivity contribution in [3.05, 3.63) is 120 Å². The van der Waals surface area contributed by atoms with E-state index in [9.17, 15) is 0 Å². The standard InChI is InChI=1S/C25H23P/c1-20-16-18-22(19-17-20)25(21-10-8-9-11-21)26(23-12-4-2-5-13-23)24-14-6-3-7-15-24/h2-10,12-19,25H,11H2,1H3. The van der Waals surface area contributed by atoms with Gasteiger partial charge in [0.05, 0.1) is 0 Å². The first-order chi connectivity index (χ1) is 12.8. The first-order valence-corrected chi connectivity index (χ1v) is 10.6. The Bertz CT molecular complexity index is 866. The lowest BCUT2D eigenvalue weighted by Gasteiger charge is -2.30. The van der Waals surface area contributed by atoms with Gasteiger partial charge in [-0.25, -0.2) is 0 Å². The molecule has 1 unspecified atom stereocenters. The summed E-state index contributed by atoms with van der Waals surface area (Å²) in [5, 5.41) is 2.87. The Morgan fingerprint density at radius 3 is 1.81 bits per heavy atom. The topological polar surface area (TPSA) is 0 Å². The van der Waals surface area contributed by atoms with Gasteiger partial charge in [0.2, 0.25) is 0 Å². The molecule has 0 saturated carbocycles. The molecule has 0 N–H and O–H groups in total. The van der Waals surface area contributed by atoms with Crippen LogP contribution in [0.5, 0.6) is 0 Å². The third kappa shape index (κ3) is 3.57. The van der Waals surface area contributed by atoms with Gasteiger partial charge in [0.1, 0.15) is 0 Å². The molecule has 0 bridgehead atoms. The van der Waals surface area contributed by atoms with Crippen LogP contribution in [-0.2, 0) is 0 Å². The van der Waals surface area contributed by atoms with E-state index in [0.29, 0.717) is 5.66 Å². The molecule has 0 heterocycles. The Labute approximate surface area is 157 Å². The van der Waals surface area contributed by atoms with Gasteiger partial charge >= 0.3 is 0 Å². The van der Waals surface area contributed by atoms with Gasteiger partial charge in [-0.3, -0.25) is 0 Å². The minimum Gasteiger partial charge on any atom is -0.0804 e. The summed E-state index contributed by atoms with van der Waals surface area (Å²) < 4.78 is 0. The average molecular weight is 354 g/mol. The highest BCUT2D eigenvalue weighted by molar-refractivity contribution is 7.73. The van der Waals surface area contributed by atoms with Gasteiger partial charge in [-0.1, -0.05) is 114 Å². The second-order valence-corrected chi connectivity index (χ2v) is 9.02. The van der Waals surface area contributed by atoms with Crippen LogP contribution in [0.15, 0.2) is 109 Å². The molecule has 3 aromatic carbocycles. The summed E-state index contributed by atoms with van der Waals surface area (Å²) in [4.78, 5) is 0. The van der Waals surface area contributed by atoms with E-state index in [4.69, 9.17) is 0 Å². The van der Waals surface area contributed by atoms with Crippen LogP contribution in [0.1, 0.15) is 23.2 Å². The Morgan fingerprint density at radius 1 is 0.731 bits per heavy atom. The lowest BCUT2D eigenvalue weighted by Crippen LogP contribution is -2.18. The predicted molar refractivity (Wildman–Crippen MR) is 115 cm³/mol. The summed E-state index contributed by atoms with van der Waals surface area (Å²) in [6, 6.07) is 31.2. The van der Waals surface area contributed by atoms with Crippen molar-refractivity contribution < 1.29 is 0 Å². The molecular formula is C25H23P. The number of aryl methyl sites for hydroxylation is 1. The molecular weight excluding hydrogens is 331 g/mol. The van der Waals surface area contributed by atoms with E-state index in [1.165, 1.54) is 27.3 Å². The monoisotopic (exact) mass is 354 g/mol. The van der Waals surface area contributed by atoms with Crippen LogP contribution in [0.2, 0.25) is 0 Å². The van der Waals surface area contributed by atoms with Crippen molar-refractivity contribution in [1.82, 2.24) is 0 Å². The van der Waals surface area contributed by atoms with Gasteiger partial charge in [-0.05, 0) is 37.4 Å². The van der Waals surface area contributed by atoms with E-state index in [0.717, 1.165) is 6.42 Å². The van der Waals surface area contributed by atoms with E-state index in [1.807, 2.05) is 0 Å². The van der Waals surface area contributed by atoms with Crippen LogP contribution in [0.4, 0.5) is 0 Å². The lowest BCUT2D eigenvalue weighted by atomic mass is 10.0. The maximum atomic E-state index is 2.33. The molecule has 26 heavy (non-hydrogen) atoms. The van der Waals surface area contributed by atoms with Crippen LogP contribution in [0.3, 0.4) is 0 Å². The zero-order valence-electron chi connectivity index (χ0n) is 15.0. The fourth-order valence-electron chi connectivity index (χ4n) is 3.57. The van der Waals surface area contributed by atoms with Crippen LogP contribution in [-0.4, -0.2) is 0 Å². The molecule has 0 nitrogen and oxygen atoms in total. The van der Waals surface area contributed by atoms with Gasteiger partial charge in [-0.15, -0.1) is 0 Å². The normalized spacial score (nSPS) is 14.5. The number of rotatable bonds is 5. The smallest absolute Gasteiger partial charge is 0.0337 e. The fourth-order valence-corrected chi connectivity index (χ4v) is 6.44. The first kappa shape index (κ1) is 17.0. The van der Waals surface area contributed by atoms with Gasteiger partial charge in [0.15, 0.2) is 0 Å². The van der Waals surface area contributed by atoms with Crippen molar-refractivity contribution in [2.45, 2.75) is 19.0 Å². The second-order valence-electron chi connectivity index (χ2n) is 6.73. The van der Waals surface area contributed by atoms with E-state index in [-0.39, 0.29) is 0 Å². The zero-order valence-corrected chi connectivity index (χ0v) is 15.9. The van der Waals surface area contributed by atoms with Crippen molar-refractivity contribution in [3.8, 4) is 0 Å². The average Bonchev–Trinajstić information content (AvgIpc) is 3.22. The summed E-state index contributed by atoms with van der Waals surface area (Å²) >= 11 is 0. The Balaban J connectivity index is 1.88. The highest BCUT2D eigenvalue weighted by Gasteiger charge is 2.29. The highest BCUT2D eigenvalue weighted by Crippen LogP contribution is 2.54. The molecule has 0 aromatic heterocycles. The minimum atomic E-state index is -0.520. The molecule has 0 aliphatic heterocycles. The SMILES string of the molecule is Cc1ccc(C(C2=CC=CC2)P(c2ccccc2)c2ccccc2)cc1. The lowest BCUT2D eigenvalue weighted by molar-refractivity contribution is 1.05. The summed E-state index contributed by atoms with van der Waals surface area (Å²) in [5.41, 5.74) is 4.66. The van der Waals surface area contributed by atoms with Crippen LogP contribution >= 0.6 is 7.92 Å². The summed E-state index contributed by atoms with van der Waals surface area (Å²) in [6.07, 6.45) is 7.86. The molecule has 1 atom stereocenters. The molecule has 0 fully saturated rings. The minimum absolute atomic E-state index is 0.408. The maximum Gasteiger partial charge on any atom is 0.0337 e. The number of allylic oxidation sites excluding steroid dienone is 4. The van der Waals surface area contributed by atoms with E-state index in [1.54, 1.807) is 0 Å². The number of benzene rings is 3. The Hall–Kier alpha value is -2.43. The van der Waals surface area contributed by atoms with Gasteiger partial charge < -0.3 is 0 Å². The third-order valence-electron chi connectivity index (χ3n) is 4.87. The molecule has 3 aromatic rings.